The zero-order valence-corrected chi connectivity index (χ0v) is 53.2. The number of hydrogen-bond donors (Lipinski definition) is 0. The number of benzene rings is 11. The lowest BCUT2D eigenvalue weighted by molar-refractivity contribution is 0.479. The summed E-state index contributed by atoms with van der Waals surface area (Å²) in [6.07, 6.45) is 0. The summed E-state index contributed by atoms with van der Waals surface area (Å²) < 4.78 is 14.9. The Hall–Kier alpha value is -9.25. The van der Waals surface area contributed by atoms with Gasteiger partial charge >= 0.3 is 0 Å². The van der Waals surface area contributed by atoms with Crippen LogP contribution < -0.4 is 52.1 Å². The molecule has 0 unspecified atom stereocenters. The molecule has 17 rings (SSSR count). The van der Waals surface area contributed by atoms with E-state index in [4.69, 9.17) is 9.47 Å². The number of nitrogens with zero attached hydrogens (tertiary/aromatic N) is 2. The zero-order valence-electron chi connectivity index (χ0n) is 53.2. The molecule has 0 saturated carbocycles. The Kier molecular flexibility index (Phi) is 11.2. The lowest BCUT2D eigenvalue weighted by Gasteiger charge is -2.45. The van der Waals surface area contributed by atoms with Gasteiger partial charge in [-0.3, -0.25) is 0 Å². The van der Waals surface area contributed by atoms with Gasteiger partial charge in [-0.05, 0) is 199 Å². The molecule has 4 aliphatic heterocycles. The number of rotatable bonds is 3. The average molecular weight is 1150 g/mol. The first kappa shape index (κ1) is 53.9. The van der Waals surface area contributed by atoms with Crippen molar-refractivity contribution in [2.24, 2.45) is 0 Å². The molecule has 0 amide bonds. The normalized spacial score (nSPS) is 14.9. The summed E-state index contributed by atoms with van der Waals surface area (Å²) in [4.78, 5) is 5.20. The van der Waals surface area contributed by atoms with Crippen LogP contribution in [0.15, 0.2) is 218 Å². The van der Waals surface area contributed by atoms with Crippen molar-refractivity contribution in [1.29, 1.82) is 0 Å². The van der Waals surface area contributed by atoms with E-state index in [1.54, 1.807) is 0 Å². The highest BCUT2D eigenvalue weighted by molar-refractivity contribution is 7.02. The van der Waals surface area contributed by atoms with Crippen molar-refractivity contribution < 1.29 is 9.47 Å². The average Bonchev–Trinajstić information content (AvgIpc) is 1.63. The van der Waals surface area contributed by atoms with Crippen molar-refractivity contribution in [2.45, 2.75) is 110 Å². The van der Waals surface area contributed by atoms with Crippen molar-refractivity contribution in [3.63, 3.8) is 0 Å². The van der Waals surface area contributed by atoms with E-state index in [1.165, 1.54) is 99.6 Å². The van der Waals surface area contributed by atoms with E-state index in [9.17, 15) is 0 Å². The van der Waals surface area contributed by atoms with Crippen LogP contribution in [-0.2, 0) is 27.1 Å². The van der Waals surface area contributed by atoms with E-state index < -0.39 is 5.41 Å². The topological polar surface area (TPSA) is 24.9 Å². The first-order valence-corrected chi connectivity index (χ1v) is 32.0. The highest BCUT2D eigenvalue weighted by Gasteiger charge is 2.54. The minimum atomic E-state index is -0.556. The fourth-order valence-electron chi connectivity index (χ4n) is 16.2. The van der Waals surface area contributed by atoms with Gasteiger partial charge in [0.05, 0.1) is 5.41 Å². The van der Waals surface area contributed by atoms with E-state index in [0.29, 0.717) is 0 Å². The lowest BCUT2D eigenvalue weighted by Crippen LogP contribution is -2.64. The van der Waals surface area contributed by atoms with Gasteiger partial charge in [-0.25, -0.2) is 0 Å². The van der Waals surface area contributed by atoms with Crippen molar-refractivity contribution in [2.75, 3.05) is 9.80 Å². The molecule has 2 aliphatic carbocycles. The summed E-state index contributed by atoms with van der Waals surface area (Å²) in [6, 6.07) is 83.9. The standard InChI is InChI=1S/C83H72B2N2O2/c1-79(2,3)50-24-21-26-54(42-50)86-68-48-69-67(85-65-39-38-52(81(7,8)9)45-73(65)89-75-46-53(82(10,11)12)44-71(78(75)85)87(69)55-27-22-25-51(43-55)80(4,5)6)47-66(68)84-64-36-19-20-37-72(64)88-74-41-49(40-70(86)77(74)84)56-31-23-32-60-59-30-15-18-35-63(59)83(76(56)60)61-33-16-13-28-57(61)58-29-14-17-34-62(58)83/h13-48H,1-12H3. The summed E-state index contributed by atoms with van der Waals surface area (Å²) in [6.45, 7) is 27.5. The van der Waals surface area contributed by atoms with Crippen LogP contribution in [0.5, 0.6) is 23.0 Å². The molecule has 6 aliphatic rings. The number of anilines is 6. The summed E-state index contributed by atoms with van der Waals surface area (Å²) in [7, 11) is 0. The Bertz CT molecular complexity index is 4820. The Morgan fingerprint density at radius 2 is 0.742 bits per heavy atom. The molecule has 0 saturated heterocycles. The van der Waals surface area contributed by atoms with Crippen molar-refractivity contribution in [3.8, 4) is 56.4 Å². The summed E-state index contributed by atoms with van der Waals surface area (Å²) in [5.41, 5.74) is 30.8. The summed E-state index contributed by atoms with van der Waals surface area (Å²) in [5.74, 6) is 3.62. The van der Waals surface area contributed by atoms with Crippen molar-refractivity contribution in [1.82, 2.24) is 0 Å². The number of para-hydroxylation sites is 1. The number of ether oxygens (including phenoxy) is 2. The van der Waals surface area contributed by atoms with E-state index in [2.05, 4.69) is 311 Å². The predicted molar refractivity (Wildman–Crippen MR) is 375 cm³/mol. The molecule has 4 nitrogen and oxygen atoms in total. The van der Waals surface area contributed by atoms with Gasteiger partial charge in [0, 0.05) is 34.1 Å². The quantitative estimate of drug-likeness (QED) is 0.165. The van der Waals surface area contributed by atoms with Gasteiger partial charge in [0.1, 0.15) is 23.0 Å². The zero-order chi connectivity index (χ0) is 61.0. The van der Waals surface area contributed by atoms with Crippen LogP contribution in [0, 0.1) is 0 Å². The van der Waals surface area contributed by atoms with Gasteiger partial charge in [0.25, 0.3) is 13.4 Å². The maximum atomic E-state index is 7.49. The molecule has 0 atom stereocenters. The van der Waals surface area contributed by atoms with Gasteiger partial charge in [0.2, 0.25) is 0 Å². The first-order chi connectivity index (χ1) is 42.7. The second-order valence-electron chi connectivity index (χ2n) is 30.0. The lowest BCUT2D eigenvalue weighted by atomic mass is 9.30. The van der Waals surface area contributed by atoms with Crippen LogP contribution >= 0.6 is 0 Å². The SMILES string of the molecule is CC(C)(C)c1cccc(N2c3cc4c(cc3B3c5ccccc5Oc5cc(-c6cccc7c6C6(c8ccccc8-c8ccccc86)c6ccccc6-7)cc2c53)B2c3ccc(C(C)(C)C)cc3Oc3cc(C(C)(C)C)cc(c32)N4c2cccc(C(C)(C)C)c2)c1. The first-order valence-electron chi connectivity index (χ1n) is 32.0. The molecule has 6 heteroatoms. The molecule has 11 aromatic carbocycles. The van der Waals surface area contributed by atoms with Gasteiger partial charge in [0.15, 0.2) is 0 Å². The third-order valence-electron chi connectivity index (χ3n) is 20.6. The van der Waals surface area contributed by atoms with Crippen molar-refractivity contribution >= 4 is 80.3 Å². The minimum Gasteiger partial charge on any atom is -0.458 e. The predicted octanol–water partition coefficient (Wildman–Crippen LogP) is 17.7. The van der Waals surface area contributed by atoms with Crippen molar-refractivity contribution in [3.05, 3.63) is 263 Å². The van der Waals surface area contributed by atoms with Crippen LogP contribution in [0.3, 0.4) is 0 Å². The largest absolute Gasteiger partial charge is 0.458 e. The molecule has 0 aromatic heterocycles. The van der Waals surface area contributed by atoms with E-state index in [-0.39, 0.29) is 35.1 Å². The van der Waals surface area contributed by atoms with E-state index >= 15 is 0 Å². The smallest absolute Gasteiger partial charge is 0.256 e. The maximum absolute atomic E-state index is 7.49. The Morgan fingerprint density at radius 1 is 0.303 bits per heavy atom. The summed E-state index contributed by atoms with van der Waals surface area (Å²) in [5, 5.41) is 0. The third kappa shape index (κ3) is 7.68. The van der Waals surface area contributed by atoms with Crippen LogP contribution in [0.4, 0.5) is 34.1 Å². The molecule has 11 aromatic rings. The maximum Gasteiger partial charge on any atom is 0.256 e. The Labute approximate surface area is 526 Å². The molecule has 0 bridgehead atoms. The highest BCUT2D eigenvalue weighted by atomic mass is 16.5. The van der Waals surface area contributed by atoms with Crippen LogP contribution in [0.25, 0.3) is 33.4 Å². The Balaban J connectivity index is 0.986. The van der Waals surface area contributed by atoms with E-state index in [1.807, 2.05) is 0 Å². The monoisotopic (exact) mass is 1150 g/mol. The van der Waals surface area contributed by atoms with Gasteiger partial charge in [-0.15, -0.1) is 0 Å². The fourth-order valence-corrected chi connectivity index (χ4v) is 16.2. The van der Waals surface area contributed by atoms with Gasteiger partial charge in [-0.1, -0.05) is 235 Å². The molecule has 1 spiro atoms. The van der Waals surface area contributed by atoms with Gasteiger partial charge < -0.3 is 19.3 Å². The highest BCUT2D eigenvalue weighted by Crippen LogP contribution is 2.65. The van der Waals surface area contributed by atoms with Crippen LogP contribution in [0.2, 0.25) is 0 Å². The Morgan fingerprint density at radius 3 is 1.31 bits per heavy atom. The second-order valence-corrected chi connectivity index (χ2v) is 30.0. The minimum absolute atomic E-state index is 0.0784. The fraction of sp³-hybridized carbons (Fsp3) is 0.205. The number of fused-ring (bicyclic) bond motifs is 18. The molecule has 0 N–H and O–H groups in total. The molecule has 0 fully saturated rings. The molecular formula is C83H72B2N2O2. The van der Waals surface area contributed by atoms with Crippen LogP contribution in [-0.4, -0.2) is 13.4 Å². The number of hydrogen-bond acceptors (Lipinski definition) is 4. The van der Waals surface area contributed by atoms with Crippen LogP contribution in [0.1, 0.15) is 128 Å². The second kappa shape index (κ2) is 18.4. The third-order valence-corrected chi connectivity index (χ3v) is 20.6. The molecule has 432 valence electrons. The molecule has 0 radical (unpaired) electrons. The molecular weight excluding hydrogens is 1080 g/mol. The molecule has 89 heavy (non-hydrogen) atoms. The summed E-state index contributed by atoms with van der Waals surface area (Å²) >= 11 is 0. The van der Waals surface area contributed by atoms with Gasteiger partial charge in [-0.2, -0.15) is 0 Å². The molecule has 4 heterocycles. The van der Waals surface area contributed by atoms with E-state index in [0.717, 1.165) is 68.1 Å².